The van der Waals surface area contributed by atoms with Gasteiger partial charge in [-0.15, -0.1) is 0 Å². The highest BCUT2D eigenvalue weighted by Crippen LogP contribution is 2.25. The molecule has 2 aliphatic heterocycles. The number of hydrogen-bond donors (Lipinski definition) is 20. The van der Waals surface area contributed by atoms with Crippen molar-refractivity contribution in [1.82, 2.24) is 62.6 Å². The molecule has 12 amide bonds. The largest absolute Gasteiger partial charge is 0.508 e. The van der Waals surface area contributed by atoms with Crippen LogP contribution in [0.15, 0.2) is 59.7 Å². The third-order valence-electron chi connectivity index (χ3n) is 17.7. The maximum atomic E-state index is 14.8. The molecule has 25 N–H and O–H groups in total. The Labute approximate surface area is 599 Å². The molecule has 2 aromatic carbocycles. The van der Waals surface area contributed by atoms with Gasteiger partial charge in [-0.2, -0.15) is 0 Å². The first-order chi connectivity index (χ1) is 49.1. The van der Waals surface area contributed by atoms with Crippen LogP contribution in [-0.2, 0) is 80.0 Å². The van der Waals surface area contributed by atoms with Crippen LogP contribution < -0.4 is 76.5 Å². The average molecular weight is 1460 g/mol. The van der Waals surface area contributed by atoms with Gasteiger partial charge in [0.25, 0.3) is 0 Å². The van der Waals surface area contributed by atoms with Crippen LogP contribution in [0, 0.1) is 5.92 Å². The number of amides is 12. The van der Waals surface area contributed by atoms with Crippen molar-refractivity contribution in [3.8, 4) is 5.75 Å². The normalized spacial score (nSPS) is 17.7. The van der Waals surface area contributed by atoms with Gasteiger partial charge in [-0.1, -0.05) is 50.6 Å². The summed E-state index contributed by atoms with van der Waals surface area (Å²) in [6, 6.07) is -6.11. The van der Waals surface area contributed by atoms with Crippen molar-refractivity contribution in [2.75, 3.05) is 26.2 Å². The summed E-state index contributed by atoms with van der Waals surface area (Å²) in [7, 11) is 0. The zero-order chi connectivity index (χ0) is 77.2. The number of hydrogen-bond acceptors (Lipinski definition) is 20. The van der Waals surface area contributed by atoms with E-state index in [0.717, 1.165) is 4.90 Å². The van der Waals surface area contributed by atoms with Crippen molar-refractivity contribution in [3.63, 3.8) is 0 Å². The van der Waals surface area contributed by atoms with Crippen molar-refractivity contribution >= 4 is 99.7 Å². The summed E-state index contributed by atoms with van der Waals surface area (Å²) >= 11 is 0. The number of nitrogens with one attached hydrogen (secondary N) is 10. The second-order valence-corrected chi connectivity index (χ2v) is 26.3. The van der Waals surface area contributed by atoms with Gasteiger partial charge in [0.15, 0.2) is 5.96 Å². The van der Waals surface area contributed by atoms with Gasteiger partial charge in [-0.3, -0.25) is 67.3 Å². The lowest BCUT2D eigenvalue weighted by Crippen LogP contribution is -2.62. The Balaban J connectivity index is 1.38. The number of carbonyl (C=O) groups excluding carboxylic acids is 12. The second kappa shape index (κ2) is 40.4. The van der Waals surface area contributed by atoms with E-state index in [-0.39, 0.29) is 75.4 Å². The first kappa shape index (κ1) is 84.1. The number of unbranched alkanes of at least 4 members (excludes halogenated alkanes) is 1. The second-order valence-electron chi connectivity index (χ2n) is 26.3. The summed E-state index contributed by atoms with van der Waals surface area (Å²) < 4.78 is 0. The lowest BCUT2D eigenvalue weighted by Gasteiger charge is -2.33. The molecular formula is C67H100N18O19. The number of carbonyl (C=O) groups is 14. The number of rotatable bonds is 41. The molecule has 1 aromatic heterocycles. The number of phenolic OH excluding ortho intramolecular Hbond substituents is 1. The number of fused-ring (bicyclic) bond motifs is 1. The number of aliphatic hydroxyl groups is 2. The molecule has 0 unspecified atom stereocenters. The summed E-state index contributed by atoms with van der Waals surface area (Å²) in [6.45, 7) is 7.24. The van der Waals surface area contributed by atoms with E-state index >= 15 is 0 Å². The summed E-state index contributed by atoms with van der Waals surface area (Å²) in [6.07, 6.45) is -2.54. The molecule has 3 heterocycles. The summed E-state index contributed by atoms with van der Waals surface area (Å²) in [5.41, 5.74) is 29.6. The first-order valence-electron chi connectivity index (χ1n) is 34.4. The van der Waals surface area contributed by atoms with E-state index in [9.17, 15) is 92.7 Å². The molecule has 104 heavy (non-hydrogen) atoms. The van der Waals surface area contributed by atoms with Crippen LogP contribution in [0.1, 0.15) is 123 Å². The zero-order valence-corrected chi connectivity index (χ0v) is 58.8. The molecule has 572 valence electrons. The quantitative estimate of drug-likeness (QED) is 0.0143. The minimum Gasteiger partial charge on any atom is -0.508 e. The molecule has 2 aliphatic rings. The monoisotopic (exact) mass is 1460 g/mol. The Morgan fingerprint density at radius 3 is 1.70 bits per heavy atom. The number of primary amides is 1. The standard InChI is InChI=1S/C67H100N18O19/c1-33(2)52(64(101)84-27-11-17-48(84)62(99)83-54(36(5)87)65(102)85-28-12-18-49(85)66(103)104)81-61(98)46(30-38-32-74-42-15-7-6-13-40(38)42)78-55(92)34(3)75-57(94)44(23-24-51(90)91)76-59(96)45(29-37-19-21-39(88)22-20-37)79-60(97)47(31-50(70)89)80-58(95)43(16-10-26-73-67(71)72)77-63(100)53(35(4)86)82-56(93)41(69)14-8-9-25-68/h6-7,13,15,19-22,32-36,41,43-49,52-54,74,86-88H,8-12,14,16-18,23-31,68-69H2,1-5H3,(H2,70,89)(H,75,94)(H,76,96)(H,77,100)(H,78,92)(H,79,97)(H,80,95)(H,81,98)(H,82,93)(H,83,99)(H,90,91)(H,103,104)(H4,71,72,73)/t34-,35+,36+,41-,43-,44-,45-,46-,47-,48-,49-,52-,53-,54-/m0/s1. The fourth-order valence-corrected chi connectivity index (χ4v) is 11.9. The van der Waals surface area contributed by atoms with E-state index in [1.807, 2.05) is 0 Å². The molecule has 37 heteroatoms. The summed E-state index contributed by atoms with van der Waals surface area (Å²) in [5, 5.41) is 74.0. The summed E-state index contributed by atoms with van der Waals surface area (Å²) in [4.78, 5) is 202. The number of nitrogens with zero attached hydrogens (tertiary/aromatic N) is 3. The maximum absolute atomic E-state index is 14.8. The van der Waals surface area contributed by atoms with Crippen LogP contribution in [0.25, 0.3) is 10.9 Å². The van der Waals surface area contributed by atoms with Crippen molar-refractivity contribution < 1.29 is 92.7 Å². The van der Waals surface area contributed by atoms with Gasteiger partial charge in [0.1, 0.15) is 72.2 Å². The predicted molar refractivity (Wildman–Crippen MR) is 374 cm³/mol. The molecule has 2 fully saturated rings. The highest BCUT2D eigenvalue weighted by molar-refractivity contribution is 6.01. The number of aromatic nitrogens is 1. The molecule has 0 aliphatic carbocycles. The number of carboxylic acid groups (broad SMARTS) is 2. The highest BCUT2D eigenvalue weighted by Gasteiger charge is 2.44. The van der Waals surface area contributed by atoms with Gasteiger partial charge in [0.05, 0.1) is 24.7 Å². The van der Waals surface area contributed by atoms with Gasteiger partial charge in [-0.25, -0.2) is 4.79 Å². The van der Waals surface area contributed by atoms with Crippen LogP contribution in [-0.4, -0.2) is 240 Å². The Morgan fingerprint density at radius 1 is 0.567 bits per heavy atom. The Hall–Kier alpha value is -10.5. The number of benzene rings is 2. The smallest absolute Gasteiger partial charge is 0.326 e. The number of nitrogens with two attached hydrogens (primary N) is 5. The number of aromatic hydroxyl groups is 1. The number of guanidine groups is 1. The average Bonchev–Trinajstić information content (AvgIpc) is 1.64. The summed E-state index contributed by atoms with van der Waals surface area (Å²) in [5.74, 6) is -15.9. The van der Waals surface area contributed by atoms with E-state index in [1.54, 1.807) is 44.3 Å². The third-order valence-corrected chi connectivity index (χ3v) is 17.7. The van der Waals surface area contributed by atoms with E-state index in [0.29, 0.717) is 48.7 Å². The maximum Gasteiger partial charge on any atom is 0.326 e. The third kappa shape index (κ3) is 25.2. The number of likely N-dealkylation sites (tertiary alicyclic amines) is 2. The van der Waals surface area contributed by atoms with Crippen molar-refractivity contribution in [1.29, 1.82) is 0 Å². The fourth-order valence-electron chi connectivity index (χ4n) is 11.9. The van der Waals surface area contributed by atoms with Crippen LogP contribution in [0.2, 0.25) is 0 Å². The highest BCUT2D eigenvalue weighted by atomic mass is 16.4. The Morgan fingerprint density at radius 2 is 1.10 bits per heavy atom. The number of aliphatic carboxylic acids is 2. The molecule has 0 saturated carbocycles. The lowest BCUT2D eigenvalue weighted by atomic mass is 9.99. The van der Waals surface area contributed by atoms with Crippen LogP contribution in [0.3, 0.4) is 0 Å². The Bertz CT molecular complexity index is 3570. The minimum absolute atomic E-state index is 0.00428. The number of H-pyrrole nitrogens is 1. The number of phenols is 1. The van der Waals surface area contributed by atoms with E-state index in [2.05, 4.69) is 57.8 Å². The molecule has 14 atom stereocenters. The number of aliphatic hydroxyl groups excluding tert-OH is 2. The number of carboxylic acids is 2. The first-order valence-corrected chi connectivity index (χ1v) is 34.4. The van der Waals surface area contributed by atoms with Crippen molar-refractivity contribution in [2.24, 2.45) is 39.6 Å². The van der Waals surface area contributed by atoms with E-state index in [4.69, 9.17) is 28.7 Å². The van der Waals surface area contributed by atoms with E-state index in [1.165, 1.54) is 49.9 Å². The molecule has 37 nitrogen and oxygen atoms in total. The molecular weight excluding hydrogens is 1360 g/mol. The fraction of sp³-hybridized carbons (Fsp3) is 0.567. The van der Waals surface area contributed by atoms with Crippen LogP contribution >= 0.6 is 0 Å². The van der Waals surface area contributed by atoms with Gasteiger partial charge >= 0.3 is 11.9 Å². The van der Waals surface area contributed by atoms with Crippen LogP contribution in [0.4, 0.5) is 0 Å². The lowest BCUT2D eigenvalue weighted by molar-refractivity contribution is -0.151. The van der Waals surface area contributed by atoms with E-state index < -0.39 is 199 Å². The predicted octanol–water partition coefficient (Wildman–Crippen LogP) is -5.22. The van der Waals surface area contributed by atoms with Gasteiger partial charge in [0, 0.05) is 56.0 Å². The number of para-hydroxylation sites is 1. The number of aromatic amines is 1. The minimum atomic E-state index is -1.93. The molecule has 2 saturated heterocycles. The van der Waals surface area contributed by atoms with Crippen molar-refractivity contribution in [3.05, 3.63) is 65.9 Å². The Kier molecular flexibility index (Phi) is 32.6. The molecule has 0 radical (unpaired) electrons. The van der Waals surface area contributed by atoms with Gasteiger partial charge in [-0.05, 0) is 120 Å². The SMILES string of the molecule is CC(C)[C@H](NC(=O)[C@H](Cc1c[nH]c2ccccc12)NC(=O)[C@H](C)NC(=O)[C@H](CCC(=O)O)NC(=O)[C@H](Cc1ccc(O)cc1)NC(=O)[C@H](CC(N)=O)NC(=O)[C@H](CCCN=C(N)N)NC(=O)[C@@H](NC(=O)[C@@H](N)CCCCN)[C@@H](C)O)C(=O)N1CCC[C@H]1C(=O)N[C@H](C(=O)N1CCC[C@H]1C(=O)O)[C@@H](C)O. The molecule has 5 rings (SSSR count). The van der Waals surface area contributed by atoms with Crippen molar-refractivity contribution in [2.45, 2.75) is 209 Å². The zero-order valence-electron chi connectivity index (χ0n) is 58.8. The van der Waals surface area contributed by atoms with Crippen LogP contribution in [0.5, 0.6) is 5.75 Å². The molecule has 3 aromatic rings. The van der Waals surface area contributed by atoms with Gasteiger partial charge < -0.3 is 117 Å². The molecule has 0 spiro atoms. The molecule has 0 bridgehead atoms. The van der Waals surface area contributed by atoms with Gasteiger partial charge in [0.2, 0.25) is 70.9 Å². The number of aliphatic imine (C=N–C) groups is 1. The topological polar surface area (TPSA) is 613 Å².